The maximum absolute atomic E-state index is 13.4. The smallest absolute Gasteiger partial charge is 0.262 e. The summed E-state index contributed by atoms with van der Waals surface area (Å²) in [5.41, 5.74) is 4.19. The van der Waals surface area contributed by atoms with Crippen molar-refractivity contribution in [1.29, 1.82) is 0 Å². The van der Waals surface area contributed by atoms with Gasteiger partial charge in [-0.2, -0.15) is 0 Å². The van der Waals surface area contributed by atoms with Gasteiger partial charge in [-0.05, 0) is 62.1 Å². The minimum Gasteiger partial charge on any atom is -0.497 e. The van der Waals surface area contributed by atoms with Crippen molar-refractivity contribution in [3.63, 3.8) is 0 Å². The van der Waals surface area contributed by atoms with E-state index in [4.69, 9.17) is 4.74 Å². The molecule has 134 valence electrons. The number of allylic oxidation sites excluding steroid dienone is 2. The lowest BCUT2D eigenvalue weighted by molar-refractivity contribution is -0.115. The van der Waals surface area contributed by atoms with Crippen LogP contribution in [0.25, 0.3) is 0 Å². The number of benzene rings is 2. The highest BCUT2D eigenvalue weighted by Gasteiger charge is 2.26. The van der Waals surface area contributed by atoms with Crippen LogP contribution in [-0.2, 0) is 4.79 Å². The van der Waals surface area contributed by atoms with Gasteiger partial charge in [0.25, 0.3) is 5.91 Å². The summed E-state index contributed by atoms with van der Waals surface area (Å²) >= 11 is 0. The average molecular weight is 349 g/mol. The molecule has 0 radical (unpaired) electrons. The summed E-state index contributed by atoms with van der Waals surface area (Å²) in [6, 6.07) is 13.0. The molecule has 4 heteroatoms. The molecule has 0 aliphatic heterocycles. The first-order chi connectivity index (χ1) is 12.5. The fraction of sp³-hybridized carbons (Fsp3) is 0.273. The molecule has 0 bridgehead atoms. The van der Waals surface area contributed by atoms with Crippen LogP contribution in [0.2, 0.25) is 0 Å². The Balaban J connectivity index is 2.11. The molecule has 0 fully saturated rings. The third kappa shape index (κ3) is 3.54. The fourth-order valence-electron chi connectivity index (χ4n) is 3.35. The number of hydrogen-bond donors (Lipinski definition) is 0. The highest BCUT2D eigenvalue weighted by Crippen LogP contribution is 2.33. The van der Waals surface area contributed by atoms with Gasteiger partial charge in [-0.1, -0.05) is 18.2 Å². The minimum absolute atomic E-state index is 0.0741. The number of anilines is 1. The number of ketones is 1. The van der Waals surface area contributed by atoms with E-state index in [0.717, 1.165) is 28.9 Å². The van der Waals surface area contributed by atoms with Gasteiger partial charge in [0.05, 0.1) is 12.8 Å². The number of ether oxygens (including phenoxy) is 1. The Kier molecular flexibility index (Phi) is 5.21. The van der Waals surface area contributed by atoms with Crippen molar-refractivity contribution >= 4 is 17.4 Å². The van der Waals surface area contributed by atoms with E-state index >= 15 is 0 Å². The Bertz CT molecular complexity index is 845. The molecule has 4 nitrogen and oxygen atoms in total. The second kappa shape index (κ2) is 7.56. The summed E-state index contributed by atoms with van der Waals surface area (Å²) in [6.45, 7) is 3.98. The van der Waals surface area contributed by atoms with Gasteiger partial charge in [0, 0.05) is 23.8 Å². The maximum Gasteiger partial charge on any atom is 0.262 e. The zero-order chi connectivity index (χ0) is 18.7. The molecule has 0 spiro atoms. The van der Waals surface area contributed by atoms with Gasteiger partial charge in [-0.3, -0.25) is 14.5 Å². The number of nitrogens with zero attached hydrogens (tertiary/aromatic N) is 1. The van der Waals surface area contributed by atoms with Crippen LogP contribution in [0.5, 0.6) is 5.75 Å². The number of amides is 1. The van der Waals surface area contributed by atoms with Gasteiger partial charge in [0.1, 0.15) is 5.75 Å². The monoisotopic (exact) mass is 349 g/mol. The fourth-order valence-corrected chi connectivity index (χ4v) is 3.35. The van der Waals surface area contributed by atoms with Gasteiger partial charge >= 0.3 is 0 Å². The normalized spacial score (nSPS) is 14.0. The van der Waals surface area contributed by atoms with Crippen molar-refractivity contribution in [2.24, 2.45) is 0 Å². The first-order valence-corrected chi connectivity index (χ1v) is 8.79. The van der Waals surface area contributed by atoms with E-state index < -0.39 is 0 Å². The molecule has 0 N–H and O–H groups in total. The van der Waals surface area contributed by atoms with E-state index in [1.54, 1.807) is 42.4 Å². The van der Waals surface area contributed by atoms with Crippen molar-refractivity contribution in [2.45, 2.75) is 33.1 Å². The van der Waals surface area contributed by atoms with E-state index in [-0.39, 0.29) is 11.7 Å². The molecule has 3 rings (SSSR count). The van der Waals surface area contributed by atoms with E-state index in [9.17, 15) is 9.59 Å². The summed E-state index contributed by atoms with van der Waals surface area (Å²) in [6.07, 6.45) is 3.64. The van der Waals surface area contributed by atoms with Gasteiger partial charge in [-0.25, -0.2) is 0 Å². The third-order valence-corrected chi connectivity index (χ3v) is 4.67. The molecular formula is C22H23NO3. The predicted molar refractivity (Wildman–Crippen MR) is 103 cm³/mol. The van der Waals surface area contributed by atoms with Gasteiger partial charge in [0.15, 0.2) is 5.78 Å². The number of hydrogen-bond acceptors (Lipinski definition) is 3. The molecule has 1 amide bonds. The number of aryl methyl sites for hydroxylation is 2. The van der Waals surface area contributed by atoms with E-state index in [1.165, 1.54) is 0 Å². The van der Waals surface area contributed by atoms with Gasteiger partial charge in [-0.15, -0.1) is 0 Å². The van der Waals surface area contributed by atoms with Crippen molar-refractivity contribution < 1.29 is 14.3 Å². The second-order valence-electron chi connectivity index (χ2n) is 6.57. The molecule has 1 aliphatic rings. The first kappa shape index (κ1) is 17.9. The van der Waals surface area contributed by atoms with E-state index in [2.05, 4.69) is 0 Å². The Labute approximate surface area is 154 Å². The lowest BCUT2D eigenvalue weighted by Crippen LogP contribution is -2.33. The predicted octanol–water partition coefficient (Wildman–Crippen LogP) is 4.60. The maximum atomic E-state index is 13.4. The number of carbonyl (C=O) groups is 2. The Hall–Kier alpha value is -2.88. The second-order valence-corrected chi connectivity index (χ2v) is 6.57. The van der Waals surface area contributed by atoms with E-state index in [1.807, 2.05) is 32.0 Å². The Morgan fingerprint density at radius 1 is 1.00 bits per heavy atom. The summed E-state index contributed by atoms with van der Waals surface area (Å²) in [5, 5.41) is 0. The van der Waals surface area contributed by atoms with Crippen LogP contribution < -0.4 is 9.64 Å². The van der Waals surface area contributed by atoms with Crippen LogP contribution in [0.1, 0.15) is 40.7 Å². The SMILES string of the molecule is COc1ccc(C(=O)N(C2=CC(=O)CCC2)c2c(C)cccc2C)cc1. The summed E-state index contributed by atoms with van der Waals surface area (Å²) < 4.78 is 5.18. The van der Waals surface area contributed by atoms with Gasteiger partial charge < -0.3 is 4.74 Å². The third-order valence-electron chi connectivity index (χ3n) is 4.67. The van der Waals surface area contributed by atoms with Crippen LogP contribution >= 0.6 is 0 Å². The molecule has 0 saturated heterocycles. The molecule has 0 aromatic heterocycles. The molecular weight excluding hydrogens is 326 g/mol. The average Bonchev–Trinajstić information content (AvgIpc) is 2.64. The number of para-hydroxylation sites is 1. The van der Waals surface area contributed by atoms with Crippen LogP contribution in [0.3, 0.4) is 0 Å². The van der Waals surface area contributed by atoms with Gasteiger partial charge in [0.2, 0.25) is 0 Å². The lowest BCUT2D eigenvalue weighted by Gasteiger charge is -2.30. The summed E-state index contributed by atoms with van der Waals surface area (Å²) in [5.74, 6) is 0.642. The van der Waals surface area contributed by atoms with Crippen molar-refractivity contribution in [1.82, 2.24) is 0 Å². The highest BCUT2D eigenvalue weighted by atomic mass is 16.5. The molecule has 0 unspecified atom stereocenters. The van der Waals surface area contributed by atoms with Crippen molar-refractivity contribution in [2.75, 3.05) is 12.0 Å². The van der Waals surface area contributed by atoms with Crippen molar-refractivity contribution in [3.8, 4) is 5.75 Å². The largest absolute Gasteiger partial charge is 0.497 e. The summed E-state index contributed by atoms with van der Waals surface area (Å²) in [7, 11) is 1.60. The Morgan fingerprint density at radius 2 is 1.65 bits per heavy atom. The zero-order valence-electron chi connectivity index (χ0n) is 15.4. The molecule has 0 atom stereocenters. The topological polar surface area (TPSA) is 46.6 Å². The highest BCUT2D eigenvalue weighted by molar-refractivity contribution is 6.10. The van der Waals surface area contributed by atoms with Crippen molar-refractivity contribution in [3.05, 3.63) is 70.9 Å². The lowest BCUT2D eigenvalue weighted by atomic mass is 9.99. The molecule has 1 aliphatic carbocycles. The molecule has 2 aromatic rings. The van der Waals surface area contributed by atoms with Crippen LogP contribution in [-0.4, -0.2) is 18.8 Å². The van der Waals surface area contributed by atoms with E-state index in [0.29, 0.717) is 24.2 Å². The number of carbonyl (C=O) groups excluding carboxylic acids is 2. The molecule has 26 heavy (non-hydrogen) atoms. The Morgan fingerprint density at radius 3 is 2.23 bits per heavy atom. The standard InChI is InChI=1S/C22H23NO3/c1-15-6-4-7-16(2)21(15)23(18-8-5-9-19(24)14-18)22(25)17-10-12-20(26-3)13-11-17/h4,6-7,10-14H,5,8-9H2,1-3H3. The number of rotatable bonds is 4. The first-order valence-electron chi connectivity index (χ1n) is 8.79. The van der Waals surface area contributed by atoms with Crippen LogP contribution in [0, 0.1) is 13.8 Å². The summed E-state index contributed by atoms with van der Waals surface area (Å²) in [4.78, 5) is 27.1. The van der Waals surface area contributed by atoms with Crippen LogP contribution in [0.4, 0.5) is 5.69 Å². The van der Waals surface area contributed by atoms with Crippen LogP contribution in [0.15, 0.2) is 54.2 Å². The quantitative estimate of drug-likeness (QED) is 0.811. The number of methoxy groups -OCH3 is 1. The minimum atomic E-state index is -0.133. The molecule has 2 aromatic carbocycles. The molecule has 0 saturated carbocycles. The zero-order valence-corrected chi connectivity index (χ0v) is 15.4. The molecule has 0 heterocycles.